The van der Waals surface area contributed by atoms with Gasteiger partial charge >= 0.3 is 0 Å². The van der Waals surface area contributed by atoms with Gasteiger partial charge < -0.3 is 4.90 Å². The first-order valence-corrected chi connectivity index (χ1v) is 4.68. The van der Waals surface area contributed by atoms with Crippen LogP contribution in [0.2, 0.25) is 0 Å². The normalized spacial score (nSPS) is 27.9. The summed E-state index contributed by atoms with van der Waals surface area (Å²) in [5.74, 6) is 0. The standard InChI is InChI=1S/C11H17N/c1-11(2)8-12(3)7-9-5-4-6-10(9)11/h5-6H,4,7-8H2,1-3H3. The topological polar surface area (TPSA) is 3.24 Å². The molecule has 0 bridgehead atoms. The fourth-order valence-corrected chi connectivity index (χ4v) is 2.53. The van der Waals surface area contributed by atoms with E-state index in [0.29, 0.717) is 5.41 Å². The molecule has 0 aromatic rings. The number of piperidine rings is 1. The van der Waals surface area contributed by atoms with Crippen LogP contribution < -0.4 is 0 Å². The molecule has 0 spiro atoms. The molecule has 0 amide bonds. The van der Waals surface area contributed by atoms with Crippen molar-refractivity contribution in [1.82, 2.24) is 4.90 Å². The van der Waals surface area contributed by atoms with Crippen LogP contribution in [-0.2, 0) is 0 Å². The summed E-state index contributed by atoms with van der Waals surface area (Å²) in [5.41, 5.74) is 3.53. The lowest BCUT2D eigenvalue weighted by atomic mass is 9.78. The molecule has 0 atom stereocenters. The molecule has 66 valence electrons. The van der Waals surface area contributed by atoms with Crippen molar-refractivity contribution in [2.45, 2.75) is 20.3 Å². The van der Waals surface area contributed by atoms with E-state index < -0.39 is 0 Å². The Morgan fingerprint density at radius 3 is 2.83 bits per heavy atom. The van der Waals surface area contributed by atoms with E-state index in [-0.39, 0.29) is 0 Å². The lowest BCUT2D eigenvalue weighted by molar-refractivity contribution is 0.231. The lowest BCUT2D eigenvalue weighted by Gasteiger charge is -2.39. The maximum Gasteiger partial charge on any atom is 0.0230 e. The number of allylic oxidation sites excluding steroid dienone is 2. The molecule has 1 aliphatic heterocycles. The Bertz CT molecular complexity index is 258. The largest absolute Gasteiger partial charge is 0.301 e. The van der Waals surface area contributed by atoms with Gasteiger partial charge in [0, 0.05) is 18.5 Å². The molecule has 0 aromatic heterocycles. The van der Waals surface area contributed by atoms with Gasteiger partial charge in [0.05, 0.1) is 0 Å². The first kappa shape index (κ1) is 8.06. The van der Waals surface area contributed by atoms with E-state index in [2.05, 4.69) is 37.9 Å². The Balaban J connectivity index is 2.33. The van der Waals surface area contributed by atoms with E-state index in [4.69, 9.17) is 0 Å². The van der Waals surface area contributed by atoms with Gasteiger partial charge in [-0.15, -0.1) is 0 Å². The Morgan fingerprint density at radius 2 is 2.08 bits per heavy atom. The van der Waals surface area contributed by atoms with Gasteiger partial charge in [0.25, 0.3) is 0 Å². The van der Waals surface area contributed by atoms with E-state index in [1.165, 1.54) is 6.54 Å². The molecule has 0 unspecified atom stereocenters. The molecule has 0 N–H and O–H groups in total. The molecule has 1 heteroatoms. The molecule has 2 aliphatic rings. The van der Waals surface area contributed by atoms with Gasteiger partial charge in [-0.3, -0.25) is 0 Å². The van der Waals surface area contributed by atoms with Gasteiger partial charge in [0.1, 0.15) is 0 Å². The maximum atomic E-state index is 2.41. The summed E-state index contributed by atoms with van der Waals surface area (Å²) in [6.45, 7) is 7.02. The number of likely N-dealkylation sites (tertiary alicyclic amines) is 1. The predicted molar refractivity (Wildman–Crippen MR) is 52.1 cm³/mol. The Labute approximate surface area is 74.8 Å². The van der Waals surface area contributed by atoms with Gasteiger partial charge in [0.2, 0.25) is 0 Å². The number of nitrogens with zero attached hydrogens (tertiary/aromatic N) is 1. The van der Waals surface area contributed by atoms with Gasteiger partial charge in [0.15, 0.2) is 0 Å². The maximum absolute atomic E-state index is 2.41. The fraction of sp³-hybridized carbons (Fsp3) is 0.636. The van der Waals surface area contributed by atoms with Crippen LogP contribution in [0.3, 0.4) is 0 Å². The highest BCUT2D eigenvalue weighted by atomic mass is 15.1. The quantitative estimate of drug-likeness (QED) is 0.529. The third kappa shape index (κ3) is 1.13. The molecule has 0 radical (unpaired) electrons. The first-order chi connectivity index (χ1) is 5.59. The Hall–Kier alpha value is -0.560. The highest BCUT2D eigenvalue weighted by molar-refractivity contribution is 5.44. The minimum atomic E-state index is 0.370. The number of hydrogen-bond acceptors (Lipinski definition) is 1. The molecule has 12 heavy (non-hydrogen) atoms. The fourth-order valence-electron chi connectivity index (χ4n) is 2.53. The minimum absolute atomic E-state index is 0.370. The smallest absolute Gasteiger partial charge is 0.0230 e. The monoisotopic (exact) mass is 163 g/mol. The number of rotatable bonds is 0. The van der Waals surface area contributed by atoms with Gasteiger partial charge in [-0.25, -0.2) is 0 Å². The zero-order chi connectivity index (χ0) is 8.77. The van der Waals surface area contributed by atoms with Gasteiger partial charge in [-0.2, -0.15) is 0 Å². The predicted octanol–water partition coefficient (Wildman–Crippen LogP) is 2.21. The molecule has 2 rings (SSSR count). The van der Waals surface area contributed by atoms with Crippen LogP contribution in [-0.4, -0.2) is 25.0 Å². The van der Waals surface area contributed by atoms with Crippen LogP contribution >= 0.6 is 0 Å². The van der Waals surface area contributed by atoms with Gasteiger partial charge in [-0.1, -0.05) is 26.0 Å². The number of hydrogen-bond donors (Lipinski definition) is 0. The van der Waals surface area contributed by atoms with E-state index in [1.807, 2.05) is 0 Å². The van der Waals surface area contributed by atoms with Crippen molar-refractivity contribution in [2.24, 2.45) is 5.41 Å². The second-order valence-electron chi connectivity index (χ2n) is 4.64. The van der Waals surface area contributed by atoms with Crippen LogP contribution in [0, 0.1) is 5.41 Å². The average molecular weight is 163 g/mol. The van der Waals surface area contributed by atoms with Crippen molar-refractivity contribution in [2.75, 3.05) is 20.1 Å². The Morgan fingerprint density at radius 1 is 1.33 bits per heavy atom. The van der Waals surface area contributed by atoms with E-state index in [1.54, 1.807) is 11.1 Å². The lowest BCUT2D eigenvalue weighted by Crippen LogP contribution is -2.39. The zero-order valence-corrected chi connectivity index (χ0v) is 8.22. The third-order valence-corrected chi connectivity index (χ3v) is 2.87. The Kier molecular flexibility index (Phi) is 1.65. The summed E-state index contributed by atoms with van der Waals surface area (Å²) in [7, 11) is 2.21. The summed E-state index contributed by atoms with van der Waals surface area (Å²) in [6.07, 6.45) is 5.91. The molecule has 1 saturated heterocycles. The number of likely N-dealkylation sites (N-methyl/N-ethyl adjacent to an activating group) is 1. The van der Waals surface area contributed by atoms with Crippen molar-refractivity contribution in [3.8, 4) is 0 Å². The van der Waals surface area contributed by atoms with Crippen LogP contribution in [0.5, 0.6) is 0 Å². The molecule has 0 aromatic carbocycles. The summed E-state index contributed by atoms with van der Waals surface area (Å²) < 4.78 is 0. The molecular formula is C11H17N. The molecule has 1 nitrogen and oxygen atoms in total. The van der Waals surface area contributed by atoms with E-state index in [0.717, 1.165) is 13.0 Å². The molecule has 0 saturated carbocycles. The highest BCUT2D eigenvalue weighted by Gasteiger charge is 2.33. The van der Waals surface area contributed by atoms with E-state index in [9.17, 15) is 0 Å². The molecule has 1 fully saturated rings. The summed E-state index contributed by atoms with van der Waals surface area (Å²) >= 11 is 0. The second kappa shape index (κ2) is 2.46. The summed E-state index contributed by atoms with van der Waals surface area (Å²) in [5, 5.41) is 0. The average Bonchev–Trinajstić information content (AvgIpc) is 2.32. The van der Waals surface area contributed by atoms with Crippen molar-refractivity contribution >= 4 is 0 Å². The van der Waals surface area contributed by atoms with Crippen LogP contribution in [0.25, 0.3) is 0 Å². The molecule has 1 heterocycles. The summed E-state index contributed by atoms with van der Waals surface area (Å²) in [6, 6.07) is 0. The highest BCUT2D eigenvalue weighted by Crippen LogP contribution is 2.39. The van der Waals surface area contributed by atoms with Crippen molar-refractivity contribution < 1.29 is 0 Å². The zero-order valence-electron chi connectivity index (χ0n) is 8.22. The van der Waals surface area contributed by atoms with Crippen molar-refractivity contribution in [3.05, 3.63) is 23.3 Å². The second-order valence-corrected chi connectivity index (χ2v) is 4.64. The minimum Gasteiger partial charge on any atom is -0.301 e. The van der Waals surface area contributed by atoms with Crippen molar-refractivity contribution in [3.63, 3.8) is 0 Å². The molecule has 1 aliphatic carbocycles. The van der Waals surface area contributed by atoms with E-state index >= 15 is 0 Å². The van der Waals surface area contributed by atoms with Crippen LogP contribution in [0.15, 0.2) is 23.3 Å². The summed E-state index contributed by atoms with van der Waals surface area (Å²) in [4.78, 5) is 2.41. The first-order valence-electron chi connectivity index (χ1n) is 4.68. The van der Waals surface area contributed by atoms with Crippen molar-refractivity contribution in [1.29, 1.82) is 0 Å². The van der Waals surface area contributed by atoms with Crippen LogP contribution in [0.1, 0.15) is 20.3 Å². The SMILES string of the molecule is CN1CC2=CCC=C2C(C)(C)C1. The molecular weight excluding hydrogens is 146 g/mol. The van der Waals surface area contributed by atoms with Crippen LogP contribution in [0.4, 0.5) is 0 Å². The van der Waals surface area contributed by atoms with Gasteiger partial charge in [-0.05, 0) is 24.6 Å². The third-order valence-electron chi connectivity index (χ3n) is 2.87. The number of fused-ring (bicyclic) bond motifs is 1.